The van der Waals surface area contributed by atoms with Crippen molar-refractivity contribution in [2.45, 2.75) is 25.9 Å². The minimum atomic E-state index is -0.178. The highest BCUT2D eigenvalue weighted by Crippen LogP contribution is 2.23. The van der Waals surface area contributed by atoms with Gasteiger partial charge in [-0.2, -0.15) is 0 Å². The number of rotatable bonds is 3. The summed E-state index contributed by atoms with van der Waals surface area (Å²) in [6, 6.07) is 1.90. The molecule has 0 radical (unpaired) electrons. The van der Waals surface area contributed by atoms with Crippen LogP contribution < -0.4 is 10.2 Å². The summed E-state index contributed by atoms with van der Waals surface area (Å²) < 4.78 is 0. The Bertz CT molecular complexity index is 401. The molecule has 0 atom stereocenters. The standard InChI is InChI=1S/C12H17N3O2/c1-9-6-10(14-8-16)7-13-12(9)15-4-2-11(17)3-5-15/h6-8,11,17H,2-5H2,1H3,(H,14,16). The van der Waals surface area contributed by atoms with E-state index in [1.54, 1.807) is 6.20 Å². The first-order valence-electron chi connectivity index (χ1n) is 5.80. The molecule has 2 N–H and O–H groups in total. The molecule has 1 aliphatic heterocycles. The number of pyridine rings is 1. The van der Waals surface area contributed by atoms with E-state index in [9.17, 15) is 9.90 Å². The summed E-state index contributed by atoms with van der Waals surface area (Å²) >= 11 is 0. The van der Waals surface area contributed by atoms with Crippen LogP contribution in [0.15, 0.2) is 12.3 Å². The fourth-order valence-electron chi connectivity index (χ4n) is 2.12. The molecule has 92 valence electrons. The summed E-state index contributed by atoms with van der Waals surface area (Å²) in [6.07, 6.45) is 3.70. The second kappa shape index (κ2) is 5.14. The van der Waals surface area contributed by atoms with Crippen LogP contribution in [-0.4, -0.2) is 35.7 Å². The van der Waals surface area contributed by atoms with Gasteiger partial charge < -0.3 is 15.3 Å². The van der Waals surface area contributed by atoms with Crippen LogP contribution in [0.3, 0.4) is 0 Å². The first kappa shape index (κ1) is 11.9. The summed E-state index contributed by atoms with van der Waals surface area (Å²) in [5.74, 6) is 0.938. The number of nitrogens with one attached hydrogen (secondary N) is 1. The smallest absolute Gasteiger partial charge is 0.211 e. The number of aryl methyl sites for hydroxylation is 1. The highest BCUT2D eigenvalue weighted by molar-refractivity contribution is 5.72. The van der Waals surface area contributed by atoms with Crippen molar-refractivity contribution in [1.82, 2.24) is 4.98 Å². The summed E-state index contributed by atoms with van der Waals surface area (Å²) in [5.41, 5.74) is 1.74. The van der Waals surface area contributed by atoms with Gasteiger partial charge in [0.1, 0.15) is 5.82 Å². The van der Waals surface area contributed by atoms with Gasteiger partial charge in [-0.1, -0.05) is 0 Å². The van der Waals surface area contributed by atoms with E-state index in [4.69, 9.17) is 0 Å². The lowest BCUT2D eigenvalue weighted by atomic mass is 10.1. The van der Waals surface area contributed by atoms with Crippen LogP contribution in [0, 0.1) is 6.92 Å². The summed E-state index contributed by atoms with van der Waals surface area (Å²) in [6.45, 7) is 3.63. The molecule has 2 heterocycles. The molecule has 1 aromatic heterocycles. The summed E-state index contributed by atoms with van der Waals surface area (Å²) in [4.78, 5) is 16.9. The molecule has 0 saturated carbocycles. The average molecular weight is 235 g/mol. The molecule has 1 aromatic rings. The number of amides is 1. The van der Waals surface area contributed by atoms with Crippen molar-refractivity contribution in [2.75, 3.05) is 23.3 Å². The van der Waals surface area contributed by atoms with Gasteiger partial charge >= 0.3 is 0 Å². The minimum absolute atomic E-state index is 0.178. The molecular weight excluding hydrogens is 218 g/mol. The van der Waals surface area contributed by atoms with Crippen LogP contribution in [0.2, 0.25) is 0 Å². The van der Waals surface area contributed by atoms with Crippen LogP contribution in [0.25, 0.3) is 0 Å². The number of aliphatic hydroxyl groups is 1. The molecule has 1 fully saturated rings. The molecule has 5 nitrogen and oxygen atoms in total. The van der Waals surface area contributed by atoms with E-state index in [1.807, 2.05) is 13.0 Å². The molecule has 1 aliphatic rings. The Morgan fingerprint density at radius 3 is 2.82 bits per heavy atom. The van der Waals surface area contributed by atoms with Gasteiger partial charge in [0.05, 0.1) is 18.0 Å². The largest absolute Gasteiger partial charge is 0.393 e. The third kappa shape index (κ3) is 2.74. The Kier molecular flexibility index (Phi) is 3.58. The number of piperidine rings is 1. The number of carbonyl (C=O) groups excluding carboxylic acids is 1. The van der Waals surface area contributed by atoms with Crippen molar-refractivity contribution >= 4 is 17.9 Å². The lowest BCUT2D eigenvalue weighted by molar-refractivity contribution is -0.105. The fraction of sp³-hybridized carbons (Fsp3) is 0.500. The fourth-order valence-corrected chi connectivity index (χ4v) is 2.12. The highest BCUT2D eigenvalue weighted by Gasteiger charge is 2.19. The predicted octanol–water partition coefficient (Wildman–Crippen LogP) is 0.919. The van der Waals surface area contributed by atoms with Crippen LogP contribution in [-0.2, 0) is 4.79 Å². The SMILES string of the molecule is Cc1cc(NC=O)cnc1N1CCC(O)CC1. The molecule has 0 aliphatic carbocycles. The Hall–Kier alpha value is -1.62. The van der Waals surface area contributed by atoms with Gasteiger partial charge in [0.15, 0.2) is 0 Å². The maximum absolute atomic E-state index is 10.3. The van der Waals surface area contributed by atoms with Gasteiger partial charge in [-0.3, -0.25) is 4.79 Å². The van der Waals surface area contributed by atoms with E-state index < -0.39 is 0 Å². The van der Waals surface area contributed by atoms with E-state index in [-0.39, 0.29) is 6.10 Å². The van der Waals surface area contributed by atoms with E-state index in [0.29, 0.717) is 12.1 Å². The molecule has 2 rings (SSSR count). The van der Waals surface area contributed by atoms with Crippen molar-refractivity contribution < 1.29 is 9.90 Å². The topological polar surface area (TPSA) is 65.5 Å². The molecule has 0 spiro atoms. The number of nitrogens with zero attached hydrogens (tertiary/aromatic N) is 2. The Labute approximate surface area is 100 Å². The van der Waals surface area contributed by atoms with E-state index in [2.05, 4.69) is 15.2 Å². The highest BCUT2D eigenvalue weighted by atomic mass is 16.3. The zero-order valence-corrected chi connectivity index (χ0v) is 9.89. The lowest BCUT2D eigenvalue weighted by Gasteiger charge is -2.31. The van der Waals surface area contributed by atoms with E-state index in [0.717, 1.165) is 37.3 Å². The quantitative estimate of drug-likeness (QED) is 0.765. The molecule has 1 saturated heterocycles. The first-order valence-corrected chi connectivity index (χ1v) is 5.80. The normalized spacial score (nSPS) is 16.9. The third-order valence-electron chi connectivity index (χ3n) is 3.04. The Morgan fingerprint density at radius 1 is 1.53 bits per heavy atom. The second-order valence-electron chi connectivity index (χ2n) is 4.34. The Balaban J connectivity index is 2.13. The third-order valence-corrected chi connectivity index (χ3v) is 3.04. The molecular formula is C12H17N3O2. The first-order chi connectivity index (χ1) is 8.20. The Morgan fingerprint density at radius 2 is 2.24 bits per heavy atom. The van der Waals surface area contributed by atoms with Gasteiger partial charge in [-0.15, -0.1) is 0 Å². The zero-order valence-electron chi connectivity index (χ0n) is 9.89. The monoisotopic (exact) mass is 235 g/mol. The van der Waals surface area contributed by atoms with Crippen molar-refractivity contribution in [3.8, 4) is 0 Å². The van der Waals surface area contributed by atoms with Gasteiger partial charge in [-0.25, -0.2) is 4.98 Å². The number of carbonyl (C=O) groups is 1. The number of aromatic nitrogens is 1. The van der Waals surface area contributed by atoms with E-state index in [1.165, 1.54) is 0 Å². The van der Waals surface area contributed by atoms with E-state index >= 15 is 0 Å². The van der Waals surface area contributed by atoms with Gasteiger partial charge in [0.25, 0.3) is 0 Å². The van der Waals surface area contributed by atoms with Crippen molar-refractivity contribution in [3.63, 3.8) is 0 Å². The second-order valence-corrected chi connectivity index (χ2v) is 4.34. The maximum Gasteiger partial charge on any atom is 0.211 e. The van der Waals surface area contributed by atoms with Gasteiger partial charge in [0.2, 0.25) is 6.41 Å². The van der Waals surface area contributed by atoms with Crippen LogP contribution in [0.1, 0.15) is 18.4 Å². The van der Waals surface area contributed by atoms with Crippen LogP contribution in [0.5, 0.6) is 0 Å². The zero-order chi connectivity index (χ0) is 12.3. The molecule has 0 aromatic carbocycles. The summed E-state index contributed by atoms with van der Waals surface area (Å²) in [5, 5.41) is 12.0. The van der Waals surface area contributed by atoms with Gasteiger partial charge in [0, 0.05) is 13.1 Å². The molecule has 1 amide bonds. The maximum atomic E-state index is 10.3. The molecule has 0 bridgehead atoms. The van der Waals surface area contributed by atoms with Crippen molar-refractivity contribution in [3.05, 3.63) is 17.8 Å². The van der Waals surface area contributed by atoms with Crippen molar-refractivity contribution in [2.24, 2.45) is 0 Å². The van der Waals surface area contributed by atoms with Gasteiger partial charge in [-0.05, 0) is 31.4 Å². The lowest BCUT2D eigenvalue weighted by Crippen LogP contribution is -2.36. The van der Waals surface area contributed by atoms with Crippen LogP contribution >= 0.6 is 0 Å². The molecule has 0 unspecified atom stereocenters. The predicted molar refractivity (Wildman–Crippen MR) is 66.1 cm³/mol. The average Bonchev–Trinajstić information content (AvgIpc) is 2.31. The molecule has 5 heteroatoms. The number of hydrogen-bond donors (Lipinski definition) is 2. The van der Waals surface area contributed by atoms with Crippen molar-refractivity contribution in [1.29, 1.82) is 0 Å². The number of hydrogen-bond acceptors (Lipinski definition) is 4. The number of aliphatic hydroxyl groups excluding tert-OH is 1. The minimum Gasteiger partial charge on any atom is -0.393 e. The number of anilines is 2. The van der Waals surface area contributed by atoms with Crippen LogP contribution in [0.4, 0.5) is 11.5 Å². The molecule has 17 heavy (non-hydrogen) atoms. The summed E-state index contributed by atoms with van der Waals surface area (Å²) in [7, 11) is 0.